The van der Waals surface area contributed by atoms with Crippen molar-refractivity contribution in [3.63, 3.8) is 0 Å². The average molecular weight is 456 g/mol. The number of pyridine rings is 1. The van der Waals surface area contributed by atoms with Gasteiger partial charge in [-0.25, -0.2) is 4.98 Å². The van der Waals surface area contributed by atoms with E-state index < -0.39 is 5.97 Å². The third-order valence-corrected chi connectivity index (χ3v) is 10.1. The number of anilines is 1. The summed E-state index contributed by atoms with van der Waals surface area (Å²) < 4.78 is 0. The summed E-state index contributed by atoms with van der Waals surface area (Å²) in [5.74, 6) is 4.63. The Hall–Kier alpha value is -1.76. The smallest absolute Gasteiger partial charge is 0.307 e. The lowest BCUT2D eigenvalue weighted by molar-refractivity contribution is -0.139. The maximum Gasteiger partial charge on any atom is 0.307 e. The van der Waals surface area contributed by atoms with Crippen molar-refractivity contribution in [3.05, 3.63) is 17.7 Å². The number of rotatable bonds is 7. The maximum atomic E-state index is 13.4. The lowest BCUT2D eigenvalue weighted by Gasteiger charge is -2.54. The number of amides is 1. The highest BCUT2D eigenvalue weighted by molar-refractivity contribution is 7.99. The van der Waals surface area contributed by atoms with Crippen molar-refractivity contribution in [2.45, 2.75) is 56.5 Å². The van der Waals surface area contributed by atoms with Gasteiger partial charge in [0.1, 0.15) is 10.8 Å². The van der Waals surface area contributed by atoms with Crippen LogP contribution in [0, 0.1) is 41.4 Å². The largest absolute Gasteiger partial charge is 0.481 e. The van der Waals surface area contributed by atoms with Crippen molar-refractivity contribution in [2.75, 3.05) is 23.7 Å². The standard InChI is InChI=1S/C25H33N3O3S/c1-2-5-32-24-17(3-4-20(26-24)28-11-18-19(12-28)21(18)25(30)31)23(29)27-22-15-7-13-6-14(9-15)10-16(22)8-13/h3-4,13-16,18-19,21-22H,2,5-12H2,1H3,(H,27,29)(H,30,31)/t13?,14?,15?,16?,18-,19+,21?,22?. The van der Waals surface area contributed by atoms with Crippen LogP contribution in [0.4, 0.5) is 5.82 Å². The Bertz CT molecular complexity index is 897. The van der Waals surface area contributed by atoms with Gasteiger partial charge in [-0.15, -0.1) is 11.8 Å². The number of hydrogen-bond donors (Lipinski definition) is 2. The van der Waals surface area contributed by atoms with Crippen molar-refractivity contribution in [3.8, 4) is 0 Å². The molecule has 6 fully saturated rings. The second-order valence-electron chi connectivity index (χ2n) is 10.9. The van der Waals surface area contributed by atoms with E-state index in [1.165, 1.54) is 32.1 Å². The van der Waals surface area contributed by atoms with Gasteiger partial charge in [0.2, 0.25) is 0 Å². The SMILES string of the molecule is CCCSc1nc(N2C[C@@H]3C(C(=O)O)[C@@H]3C2)ccc1C(=O)NC1C2CC3CC(C2)CC1C3. The lowest BCUT2D eigenvalue weighted by atomic mass is 9.54. The first-order chi connectivity index (χ1) is 15.5. The van der Waals surface area contributed by atoms with E-state index in [-0.39, 0.29) is 23.7 Å². The highest BCUT2D eigenvalue weighted by atomic mass is 32.2. The van der Waals surface area contributed by atoms with E-state index in [1.807, 2.05) is 12.1 Å². The number of fused-ring (bicyclic) bond motifs is 1. The van der Waals surface area contributed by atoms with E-state index >= 15 is 0 Å². The molecule has 32 heavy (non-hydrogen) atoms. The zero-order valence-electron chi connectivity index (χ0n) is 18.7. The summed E-state index contributed by atoms with van der Waals surface area (Å²) in [6, 6.07) is 4.24. The monoisotopic (exact) mass is 455 g/mol. The summed E-state index contributed by atoms with van der Waals surface area (Å²) in [6.07, 6.45) is 7.62. The summed E-state index contributed by atoms with van der Waals surface area (Å²) in [7, 11) is 0. The van der Waals surface area contributed by atoms with Crippen LogP contribution in [0.5, 0.6) is 0 Å². The Labute approximate surface area is 193 Å². The second kappa shape index (κ2) is 7.93. The number of nitrogens with zero attached hydrogens (tertiary/aromatic N) is 2. The fourth-order valence-corrected chi connectivity index (χ4v) is 8.43. The number of piperidine rings is 1. The number of nitrogens with one attached hydrogen (secondary N) is 1. The topological polar surface area (TPSA) is 82.5 Å². The lowest BCUT2D eigenvalue weighted by Crippen LogP contribution is -2.55. The Balaban J connectivity index is 1.18. The molecule has 6 aliphatic rings. The van der Waals surface area contributed by atoms with Crippen molar-refractivity contribution < 1.29 is 14.7 Å². The fraction of sp³-hybridized carbons (Fsp3) is 0.720. The molecule has 0 aromatic carbocycles. The number of hydrogen-bond acceptors (Lipinski definition) is 5. The van der Waals surface area contributed by atoms with Gasteiger partial charge in [0.05, 0.1) is 11.5 Å². The number of carboxylic acids is 1. The minimum absolute atomic E-state index is 0.0373. The molecule has 0 spiro atoms. The highest BCUT2D eigenvalue weighted by Gasteiger charge is 2.60. The molecule has 172 valence electrons. The molecule has 6 nitrogen and oxygen atoms in total. The van der Waals surface area contributed by atoms with Crippen LogP contribution in [0.3, 0.4) is 0 Å². The van der Waals surface area contributed by atoms with E-state index in [0.717, 1.165) is 47.9 Å². The summed E-state index contributed by atoms with van der Waals surface area (Å²) in [5, 5.41) is 13.5. The van der Waals surface area contributed by atoms with Gasteiger partial charge in [0, 0.05) is 19.1 Å². The first-order valence-electron chi connectivity index (χ1n) is 12.4. The summed E-state index contributed by atoms with van der Waals surface area (Å²) in [5.41, 5.74) is 0.703. The highest BCUT2D eigenvalue weighted by Crippen LogP contribution is 2.54. The number of carbonyl (C=O) groups is 2. The number of aliphatic carboxylic acids is 1. The molecule has 0 radical (unpaired) electrons. The Morgan fingerprint density at radius 3 is 2.34 bits per heavy atom. The molecule has 1 unspecified atom stereocenters. The minimum atomic E-state index is -0.663. The maximum absolute atomic E-state index is 13.4. The van der Waals surface area contributed by atoms with Crippen molar-refractivity contribution in [1.29, 1.82) is 0 Å². The number of carboxylic acid groups (broad SMARTS) is 1. The Morgan fingerprint density at radius 1 is 1.09 bits per heavy atom. The van der Waals surface area contributed by atoms with Gasteiger partial charge < -0.3 is 15.3 Å². The molecule has 5 aliphatic carbocycles. The molecule has 2 N–H and O–H groups in total. The van der Waals surface area contributed by atoms with Crippen LogP contribution in [0.2, 0.25) is 0 Å². The van der Waals surface area contributed by atoms with Crippen LogP contribution in [-0.4, -0.2) is 46.9 Å². The van der Waals surface area contributed by atoms with Gasteiger partial charge in [0.25, 0.3) is 5.91 Å². The summed E-state index contributed by atoms with van der Waals surface area (Å²) >= 11 is 1.66. The average Bonchev–Trinajstić information content (AvgIpc) is 3.28. The number of carbonyl (C=O) groups excluding carboxylic acids is 1. The van der Waals surface area contributed by atoms with Gasteiger partial charge in [-0.3, -0.25) is 9.59 Å². The quantitative estimate of drug-likeness (QED) is 0.607. The van der Waals surface area contributed by atoms with Crippen LogP contribution in [-0.2, 0) is 4.79 Å². The molecule has 7 heteroatoms. The van der Waals surface area contributed by atoms with E-state index in [9.17, 15) is 14.7 Å². The molecular formula is C25H33N3O3S. The third kappa shape index (κ3) is 3.51. The predicted molar refractivity (Wildman–Crippen MR) is 124 cm³/mol. The molecule has 1 aromatic heterocycles. The molecule has 1 aromatic rings. The van der Waals surface area contributed by atoms with Gasteiger partial charge in [-0.1, -0.05) is 6.92 Å². The third-order valence-electron chi connectivity index (χ3n) is 8.86. The Morgan fingerprint density at radius 2 is 1.75 bits per heavy atom. The second-order valence-corrected chi connectivity index (χ2v) is 12.0. The number of thioether (sulfide) groups is 1. The van der Waals surface area contributed by atoms with Crippen LogP contribution >= 0.6 is 11.8 Å². The molecular weight excluding hydrogens is 422 g/mol. The number of aromatic nitrogens is 1. The molecule has 1 saturated heterocycles. The summed E-state index contributed by atoms with van der Waals surface area (Å²) in [4.78, 5) is 31.8. The zero-order valence-corrected chi connectivity index (χ0v) is 19.5. The van der Waals surface area contributed by atoms with Crippen molar-refractivity contribution in [1.82, 2.24) is 10.3 Å². The van der Waals surface area contributed by atoms with E-state index in [2.05, 4.69) is 17.1 Å². The van der Waals surface area contributed by atoms with Gasteiger partial charge in [-0.05, 0) is 91.9 Å². The molecule has 7 rings (SSSR count). The molecule has 1 aliphatic heterocycles. The van der Waals surface area contributed by atoms with Crippen LogP contribution in [0.1, 0.15) is 55.8 Å². The van der Waals surface area contributed by atoms with Crippen molar-refractivity contribution in [2.24, 2.45) is 41.4 Å². The molecule has 2 heterocycles. The van der Waals surface area contributed by atoms with Crippen LogP contribution < -0.4 is 10.2 Å². The fourth-order valence-electron chi connectivity index (χ4n) is 7.56. The van der Waals surface area contributed by atoms with Crippen molar-refractivity contribution >= 4 is 29.5 Å². The Kier molecular flexibility index (Phi) is 5.16. The van der Waals surface area contributed by atoms with Gasteiger partial charge in [-0.2, -0.15) is 0 Å². The molecule has 1 amide bonds. The predicted octanol–water partition coefficient (Wildman–Crippen LogP) is 3.91. The molecule has 5 saturated carbocycles. The minimum Gasteiger partial charge on any atom is -0.481 e. The van der Waals surface area contributed by atoms with E-state index in [1.54, 1.807) is 11.8 Å². The first-order valence-corrected chi connectivity index (χ1v) is 13.4. The first kappa shape index (κ1) is 20.8. The van der Waals surface area contributed by atoms with E-state index in [4.69, 9.17) is 4.98 Å². The normalized spacial score (nSPS) is 38.6. The summed E-state index contributed by atoms with van der Waals surface area (Å²) in [6.45, 7) is 3.66. The molecule has 3 atom stereocenters. The molecule has 4 bridgehead atoms. The van der Waals surface area contributed by atoms with Crippen LogP contribution in [0.15, 0.2) is 17.2 Å². The van der Waals surface area contributed by atoms with Gasteiger partial charge in [0.15, 0.2) is 0 Å². The zero-order chi connectivity index (χ0) is 22.0. The van der Waals surface area contributed by atoms with E-state index in [0.29, 0.717) is 23.4 Å². The van der Waals surface area contributed by atoms with Crippen LogP contribution in [0.25, 0.3) is 0 Å². The van der Waals surface area contributed by atoms with Gasteiger partial charge >= 0.3 is 5.97 Å².